The van der Waals surface area contributed by atoms with Crippen molar-refractivity contribution in [2.45, 2.75) is 37.4 Å². The number of anilines is 1. The second-order valence-corrected chi connectivity index (χ2v) is 7.06. The van der Waals surface area contributed by atoms with Crippen molar-refractivity contribution in [2.24, 2.45) is 0 Å². The maximum Gasteiger partial charge on any atom is 0.390 e. The van der Waals surface area contributed by atoms with Gasteiger partial charge in [-0.1, -0.05) is 15.9 Å². The summed E-state index contributed by atoms with van der Waals surface area (Å²) in [4.78, 5) is -0.140. The average Bonchev–Trinajstić information content (AvgIpc) is 2.19. The van der Waals surface area contributed by atoms with E-state index in [1.54, 1.807) is 0 Å². The van der Waals surface area contributed by atoms with Gasteiger partial charge < -0.3 is 5.73 Å². The van der Waals surface area contributed by atoms with Gasteiger partial charge in [-0.2, -0.15) is 13.2 Å². The zero-order chi connectivity index (χ0) is 15.7. The Kier molecular flexibility index (Phi) is 5.09. The van der Waals surface area contributed by atoms with Crippen molar-refractivity contribution in [3.8, 4) is 0 Å². The van der Waals surface area contributed by atoms with Crippen molar-refractivity contribution in [2.75, 3.05) is 5.73 Å². The third kappa shape index (κ3) is 4.64. The number of sulfonamides is 1. The molecule has 0 heterocycles. The smallest absolute Gasteiger partial charge is 0.390 e. The molecule has 0 bridgehead atoms. The van der Waals surface area contributed by atoms with Crippen LogP contribution in [0.2, 0.25) is 0 Å². The lowest BCUT2D eigenvalue weighted by Crippen LogP contribution is -2.36. The first-order valence-corrected chi connectivity index (χ1v) is 7.84. The Hall–Kier alpha value is -0.800. The normalized spacial score (nSPS) is 14.3. The summed E-state index contributed by atoms with van der Waals surface area (Å²) in [7, 11) is -4.07. The molecule has 0 aliphatic rings. The maximum atomic E-state index is 12.2. The van der Waals surface area contributed by atoms with Crippen LogP contribution in [-0.4, -0.2) is 20.6 Å². The number of hydrogen-bond acceptors (Lipinski definition) is 3. The molecule has 1 unspecified atom stereocenters. The molecule has 114 valence electrons. The molecular weight excluding hydrogens is 361 g/mol. The van der Waals surface area contributed by atoms with E-state index in [0.717, 1.165) is 6.92 Å². The zero-order valence-electron chi connectivity index (χ0n) is 10.8. The number of rotatable bonds is 4. The summed E-state index contributed by atoms with van der Waals surface area (Å²) >= 11 is 3.10. The Morgan fingerprint density at radius 3 is 2.45 bits per heavy atom. The summed E-state index contributed by atoms with van der Waals surface area (Å²) in [6.07, 6.45) is -5.68. The van der Waals surface area contributed by atoms with Gasteiger partial charge in [-0.25, -0.2) is 13.1 Å². The SMILES string of the molecule is Cc1c(N)cc(Br)cc1S(=O)(=O)NC(C)CC(F)(F)F. The standard InChI is InChI=1S/C11H14BrF3N2O2S/c1-6(5-11(13,14)15)17-20(18,19)10-4-8(12)3-9(16)7(10)2/h3-4,6,17H,5,16H2,1-2H3. The third-order valence-corrected chi connectivity index (χ3v) is 4.72. The molecule has 1 atom stereocenters. The number of hydrogen-bond donors (Lipinski definition) is 2. The monoisotopic (exact) mass is 374 g/mol. The molecule has 0 aliphatic carbocycles. The predicted molar refractivity (Wildman–Crippen MR) is 73.7 cm³/mol. The molecule has 9 heteroatoms. The number of nitrogens with one attached hydrogen (secondary N) is 1. The number of halogens is 4. The summed E-state index contributed by atoms with van der Waals surface area (Å²) in [5.74, 6) is 0. The van der Waals surface area contributed by atoms with Crippen LogP contribution in [-0.2, 0) is 10.0 Å². The van der Waals surface area contributed by atoms with Gasteiger partial charge in [0, 0.05) is 16.2 Å². The fraction of sp³-hybridized carbons (Fsp3) is 0.455. The molecule has 4 nitrogen and oxygen atoms in total. The van der Waals surface area contributed by atoms with Crippen molar-refractivity contribution in [1.29, 1.82) is 0 Å². The summed E-state index contributed by atoms with van der Waals surface area (Å²) in [6.45, 7) is 2.65. The van der Waals surface area contributed by atoms with Crippen LogP contribution in [0.15, 0.2) is 21.5 Å². The first-order chi connectivity index (χ1) is 8.92. The Labute approximate surface area is 123 Å². The van der Waals surface area contributed by atoms with E-state index in [2.05, 4.69) is 15.9 Å². The molecule has 20 heavy (non-hydrogen) atoms. The molecule has 1 aromatic rings. The fourth-order valence-electron chi connectivity index (χ4n) is 1.67. The first-order valence-electron chi connectivity index (χ1n) is 5.57. The van der Waals surface area contributed by atoms with Crippen molar-refractivity contribution in [1.82, 2.24) is 4.72 Å². The minimum Gasteiger partial charge on any atom is -0.398 e. The lowest BCUT2D eigenvalue weighted by Gasteiger charge is -2.17. The van der Waals surface area contributed by atoms with Crippen molar-refractivity contribution in [3.05, 3.63) is 22.2 Å². The Morgan fingerprint density at radius 2 is 1.95 bits per heavy atom. The van der Waals surface area contributed by atoms with E-state index in [1.165, 1.54) is 19.1 Å². The fourth-order valence-corrected chi connectivity index (χ4v) is 3.84. The van der Waals surface area contributed by atoms with Gasteiger partial charge in [-0.3, -0.25) is 0 Å². The molecule has 0 radical (unpaired) electrons. The van der Waals surface area contributed by atoms with E-state index in [1.807, 2.05) is 4.72 Å². The molecule has 0 saturated carbocycles. The highest BCUT2D eigenvalue weighted by Gasteiger charge is 2.32. The predicted octanol–water partition coefficient (Wildman–Crippen LogP) is 2.96. The highest BCUT2D eigenvalue weighted by molar-refractivity contribution is 9.10. The van der Waals surface area contributed by atoms with E-state index >= 15 is 0 Å². The number of alkyl halides is 3. The van der Waals surface area contributed by atoms with Gasteiger partial charge in [0.15, 0.2) is 0 Å². The van der Waals surface area contributed by atoms with Gasteiger partial charge >= 0.3 is 6.18 Å². The van der Waals surface area contributed by atoms with Crippen molar-refractivity contribution < 1.29 is 21.6 Å². The van der Waals surface area contributed by atoms with Crippen molar-refractivity contribution >= 4 is 31.6 Å². The van der Waals surface area contributed by atoms with Crippen LogP contribution in [0.3, 0.4) is 0 Å². The summed E-state index contributed by atoms with van der Waals surface area (Å²) in [5, 5.41) is 0. The van der Waals surface area contributed by atoms with E-state index < -0.39 is 28.7 Å². The molecule has 1 aromatic carbocycles. The quantitative estimate of drug-likeness (QED) is 0.795. The molecule has 1 rings (SSSR count). The summed E-state index contributed by atoms with van der Waals surface area (Å²) in [5.41, 5.74) is 6.18. The molecular formula is C11H14BrF3N2O2S. The highest BCUT2D eigenvalue weighted by atomic mass is 79.9. The minimum absolute atomic E-state index is 0.140. The largest absolute Gasteiger partial charge is 0.398 e. The van der Waals surface area contributed by atoms with Crippen LogP contribution in [0.1, 0.15) is 18.9 Å². The van der Waals surface area contributed by atoms with Crippen LogP contribution < -0.4 is 10.5 Å². The summed E-state index contributed by atoms with van der Waals surface area (Å²) in [6, 6.07) is 1.56. The molecule has 0 saturated heterocycles. The van der Waals surface area contributed by atoms with E-state index in [0.29, 0.717) is 10.0 Å². The Bertz CT molecular complexity index is 602. The molecule has 0 aromatic heterocycles. The third-order valence-electron chi connectivity index (χ3n) is 2.55. The molecule has 0 fully saturated rings. The second-order valence-electron chi connectivity index (χ2n) is 4.46. The average molecular weight is 375 g/mol. The minimum atomic E-state index is -4.44. The van der Waals surface area contributed by atoms with Crippen LogP contribution in [0.4, 0.5) is 18.9 Å². The van der Waals surface area contributed by atoms with Crippen LogP contribution in [0, 0.1) is 6.92 Å². The Balaban J connectivity index is 3.06. The van der Waals surface area contributed by atoms with Crippen molar-refractivity contribution in [3.63, 3.8) is 0 Å². The van der Waals surface area contributed by atoms with Crippen LogP contribution >= 0.6 is 15.9 Å². The lowest BCUT2D eigenvalue weighted by molar-refractivity contribution is -0.137. The van der Waals surface area contributed by atoms with Gasteiger partial charge in [0.2, 0.25) is 10.0 Å². The molecule has 0 aliphatic heterocycles. The molecule has 3 N–H and O–H groups in total. The first kappa shape index (κ1) is 17.3. The van der Waals surface area contributed by atoms with Crippen LogP contribution in [0.5, 0.6) is 0 Å². The number of benzene rings is 1. The van der Waals surface area contributed by atoms with Crippen LogP contribution in [0.25, 0.3) is 0 Å². The highest BCUT2D eigenvalue weighted by Crippen LogP contribution is 2.27. The second kappa shape index (κ2) is 5.90. The Morgan fingerprint density at radius 1 is 1.40 bits per heavy atom. The lowest BCUT2D eigenvalue weighted by atomic mass is 10.2. The van der Waals surface area contributed by atoms with Gasteiger partial charge in [0.1, 0.15) is 0 Å². The summed E-state index contributed by atoms with van der Waals surface area (Å²) < 4.78 is 63.3. The van der Waals surface area contributed by atoms with E-state index in [9.17, 15) is 21.6 Å². The van der Waals surface area contributed by atoms with E-state index in [4.69, 9.17) is 5.73 Å². The maximum absolute atomic E-state index is 12.2. The van der Waals surface area contributed by atoms with Gasteiger partial charge in [0.05, 0.1) is 11.3 Å². The topological polar surface area (TPSA) is 72.2 Å². The zero-order valence-corrected chi connectivity index (χ0v) is 13.2. The number of nitrogens with two attached hydrogens (primary N) is 1. The van der Waals surface area contributed by atoms with Gasteiger partial charge in [0.25, 0.3) is 0 Å². The molecule has 0 spiro atoms. The van der Waals surface area contributed by atoms with E-state index in [-0.39, 0.29) is 10.6 Å². The molecule has 0 amide bonds. The van der Waals surface area contributed by atoms with Gasteiger partial charge in [-0.05, 0) is 31.5 Å². The number of nitrogen functional groups attached to an aromatic ring is 1. The van der Waals surface area contributed by atoms with Gasteiger partial charge in [-0.15, -0.1) is 0 Å².